The molecule has 2 rings (SSSR count). The molecule has 2 unspecified atom stereocenters. The van der Waals surface area contributed by atoms with Crippen LogP contribution in [-0.4, -0.2) is 28.8 Å². The number of aromatic amines is 1. The first-order valence-corrected chi connectivity index (χ1v) is 12.7. The number of phosphoric acid groups is 3. The summed E-state index contributed by atoms with van der Waals surface area (Å²) in [5.74, 6) is 0. The van der Waals surface area contributed by atoms with Gasteiger partial charge in [-0.3, -0.25) is 27.8 Å². The third-order valence-electron chi connectivity index (χ3n) is 3.62. The van der Waals surface area contributed by atoms with Crippen LogP contribution in [0.1, 0.15) is 19.1 Å². The molecule has 1 aliphatic rings. The normalized spacial score (nSPS) is 20.5. The quantitative estimate of drug-likeness (QED) is 0.153. The summed E-state index contributed by atoms with van der Waals surface area (Å²) in [7, 11) is -17.8. The average Bonchev–Trinajstić information content (AvgIpc) is 3.05. The van der Waals surface area contributed by atoms with E-state index in [0.717, 1.165) is 4.57 Å². The van der Waals surface area contributed by atoms with Crippen molar-refractivity contribution < 1.29 is 127 Å². The summed E-state index contributed by atoms with van der Waals surface area (Å²) >= 11 is 0. The maximum Gasteiger partial charge on any atom is 1.00 e. The van der Waals surface area contributed by atoms with Crippen LogP contribution < -0.4 is 112 Å². The van der Waals surface area contributed by atoms with E-state index in [1.165, 1.54) is 12.3 Å². The van der Waals surface area contributed by atoms with Gasteiger partial charge in [-0.2, -0.15) is 0 Å². The third-order valence-corrected chi connectivity index (χ3v) is 7.28. The van der Waals surface area contributed by atoms with E-state index in [-0.39, 0.29) is 101 Å². The van der Waals surface area contributed by atoms with Crippen LogP contribution in [0.3, 0.4) is 0 Å². The number of nitrogens with zero attached hydrogens (tertiary/aromatic N) is 1. The van der Waals surface area contributed by atoms with Gasteiger partial charge in [0, 0.05) is 12.7 Å². The molecule has 2 N–H and O–H groups in total. The predicted octanol–water partition coefficient (Wildman–Crippen LogP) is -14.4. The maximum atomic E-state index is 12.0. The Morgan fingerprint density at radius 3 is 2.23 bits per heavy atom. The predicted molar refractivity (Wildman–Crippen MR) is 94.1 cm³/mol. The Labute approximate surface area is 247 Å². The fourth-order valence-electron chi connectivity index (χ4n) is 2.48. The van der Waals surface area contributed by atoms with Crippen molar-refractivity contribution in [3.05, 3.63) is 39.7 Å². The number of phosphoric ester groups is 1. The summed E-state index contributed by atoms with van der Waals surface area (Å²) < 4.78 is 50.3. The number of hydrogen-bond donors (Lipinski definition) is 2. The SMILES string of the molecule is C=CCNc1cn([C@H]2CC[C@@H](COP(=O)([O-])OP(=O)([O-])OP(=O)([O-])[O-])O2)c(=O)[nH]c1=O.[Li+].[Li+].[Li+].[Li+]. The van der Waals surface area contributed by atoms with Gasteiger partial charge >= 0.3 is 81.1 Å². The van der Waals surface area contributed by atoms with E-state index in [1.807, 2.05) is 0 Å². The van der Waals surface area contributed by atoms with Gasteiger partial charge in [-0.15, -0.1) is 6.58 Å². The fraction of sp³-hybridized carbons (Fsp3) is 0.500. The van der Waals surface area contributed by atoms with Crippen LogP contribution in [-0.2, 0) is 31.6 Å². The van der Waals surface area contributed by atoms with Crippen LogP contribution in [0.2, 0.25) is 0 Å². The van der Waals surface area contributed by atoms with E-state index < -0.39 is 53.7 Å². The van der Waals surface area contributed by atoms with Gasteiger partial charge in [0.25, 0.3) is 21.2 Å². The van der Waals surface area contributed by atoms with Crippen molar-refractivity contribution >= 4 is 29.2 Å². The molecule has 0 spiro atoms. The molecule has 1 aromatic heterocycles. The minimum atomic E-state index is -6.08. The van der Waals surface area contributed by atoms with E-state index in [4.69, 9.17) is 4.74 Å². The molecule has 1 saturated heterocycles. The molecular weight excluding hydrogens is 515 g/mol. The van der Waals surface area contributed by atoms with Crippen LogP contribution >= 0.6 is 23.5 Å². The Bertz CT molecular complexity index is 1080. The standard InChI is InChI=1S/C12H20N3O13P3.4Li/c1-2-5-13-9-6-15(12(17)14-11(9)16)10-4-3-8(26-10)7-25-30(21,22)28-31(23,24)27-29(18,19)20;;;;/h2,6,8,10,13H,1,3-5,7H2,(H,21,22)(H,23,24)(H,14,16,17)(H2,18,19,20);;;;/q;4*+1/p-4/t8-,10+;;;;/m0..../s1. The number of ether oxygens (including phenoxy) is 1. The smallest absolute Gasteiger partial charge is 0.790 e. The average molecular weight is 531 g/mol. The van der Waals surface area contributed by atoms with Crippen LogP contribution in [0.5, 0.6) is 0 Å². The second-order valence-electron chi connectivity index (χ2n) is 5.97. The number of nitrogens with one attached hydrogen (secondary N) is 2. The molecule has 0 amide bonds. The molecule has 35 heavy (non-hydrogen) atoms. The Balaban J connectivity index is -0.00000256. The molecule has 4 atom stereocenters. The number of hydrogen-bond acceptors (Lipinski definition) is 14. The molecule has 1 fully saturated rings. The van der Waals surface area contributed by atoms with E-state index >= 15 is 0 Å². The largest absolute Gasteiger partial charge is 1.00 e. The van der Waals surface area contributed by atoms with E-state index in [0.29, 0.717) is 0 Å². The molecule has 176 valence electrons. The summed E-state index contributed by atoms with van der Waals surface area (Å²) in [6, 6.07) is 0. The summed E-state index contributed by atoms with van der Waals surface area (Å²) in [5, 5.41) is 2.72. The zero-order valence-electron chi connectivity index (χ0n) is 19.4. The van der Waals surface area contributed by atoms with E-state index in [1.54, 1.807) is 0 Å². The number of anilines is 1. The summed E-state index contributed by atoms with van der Waals surface area (Å²) in [6.07, 6.45) is 1.19. The minimum Gasteiger partial charge on any atom is -0.790 e. The van der Waals surface area contributed by atoms with Crippen molar-refractivity contribution in [1.82, 2.24) is 9.55 Å². The van der Waals surface area contributed by atoms with Gasteiger partial charge in [-0.05, 0) is 12.8 Å². The second-order valence-corrected chi connectivity index (χ2v) is 10.2. The van der Waals surface area contributed by atoms with Crippen molar-refractivity contribution in [3.63, 3.8) is 0 Å². The minimum absolute atomic E-state index is 0. The van der Waals surface area contributed by atoms with Crippen molar-refractivity contribution in [2.45, 2.75) is 25.2 Å². The zero-order valence-corrected chi connectivity index (χ0v) is 22.1. The van der Waals surface area contributed by atoms with Crippen molar-refractivity contribution in [3.8, 4) is 0 Å². The summed E-state index contributed by atoms with van der Waals surface area (Å²) in [5.41, 5.74) is -1.40. The number of H-pyrrole nitrogens is 1. The third kappa shape index (κ3) is 14.1. The van der Waals surface area contributed by atoms with Gasteiger partial charge in [0.2, 0.25) is 0 Å². The second kappa shape index (κ2) is 16.8. The van der Waals surface area contributed by atoms with Crippen LogP contribution in [0.15, 0.2) is 28.4 Å². The molecule has 1 aliphatic heterocycles. The number of aromatic nitrogens is 2. The van der Waals surface area contributed by atoms with Crippen LogP contribution in [0.25, 0.3) is 0 Å². The van der Waals surface area contributed by atoms with Gasteiger partial charge in [0.05, 0.1) is 20.5 Å². The molecule has 0 saturated carbocycles. The molecule has 0 aromatic carbocycles. The molecule has 0 aliphatic carbocycles. The molecule has 2 heterocycles. The zero-order chi connectivity index (χ0) is 23.4. The van der Waals surface area contributed by atoms with Crippen molar-refractivity contribution in [2.24, 2.45) is 0 Å². The van der Waals surface area contributed by atoms with Gasteiger partial charge in [-0.1, -0.05) is 6.08 Å². The van der Waals surface area contributed by atoms with Crippen molar-refractivity contribution in [1.29, 1.82) is 0 Å². The Morgan fingerprint density at radius 1 is 1.09 bits per heavy atom. The Morgan fingerprint density at radius 2 is 1.69 bits per heavy atom. The van der Waals surface area contributed by atoms with E-state index in [2.05, 4.69) is 30.0 Å². The molecule has 0 radical (unpaired) electrons. The van der Waals surface area contributed by atoms with Gasteiger partial charge in [0.15, 0.2) is 0 Å². The monoisotopic (exact) mass is 531 g/mol. The topological polar surface area (TPSA) is 247 Å². The molecule has 23 heteroatoms. The van der Waals surface area contributed by atoms with Crippen LogP contribution in [0.4, 0.5) is 5.69 Å². The van der Waals surface area contributed by atoms with Gasteiger partial charge in [0.1, 0.15) is 11.9 Å². The van der Waals surface area contributed by atoms with Crippen molar-refractivity contribution in [2.75, 3.05) is 18.5 Å². The Hall–Kier alpha value is 0.980. The first-order valence-electron chi connectivity index (χ1n) is 8.28. The fourth-order valence-corrected chi connectivity index (χ4v) is 5.36. The van der Waals surface area contributed by atoms with Crippen LogP contribution in [0, 0.1) is 0 Å². The molecule has 0 bridgehead atoms. The van der Waals surface area contributed by atoms with Gasteiger partial charge < -0.3 is 38.7 Å². The first kappa shape index (κ1) is 40.5. The summed E-state index contributed by atoms with van der Waals surface area (Å²) in [6.45, 7) is 2.96. The molecule has 1 aromatic rings. The molecular formula is C12H16Li4N3O13P3. The maximum absolute atomic E-state index is 12.0. The van der Waals surface area contributed by atoms with E-state index in [9.17, 15) is 42.9 Å². The number of rotatable bonds is 11. The Kier molecular flexibility index (Phi) is 19.5. The summed E-state index contributed by atoms with van der Waals surface area (Å²) in [4.78, 5) is 69.1. The molecule has 16 nitrogen and oxygen atoms in total. The van der Waals surface area contributed by atoms with Gasteiger partial charge in [-0.25, -0.2) is 9.11 Å². The first-order chi connectivity index (χ1) is 14.2.